The highest BCUT2D eigenvalue weighted by molar-refractivity contribution is 5.76. The van der Waals surface area contributed by atoms with E-state index in [9.17, 15) is 30.3 Å². The van der Waals surface area contributed by atoms with Crippen molar-refractivity contribution < 1.29 is 39.8 Å². The number of hydrogen-bond acceptors (Lipinski definition) is 8. The van der Waals surface area contributed by atoms with Gasteiger partial charge >= 0.3 is 0 Å². The summed E-state index contributed by atoms with van der Waals surface area (Å²) in [6.45, 7) is 3.69. The van der Waals surface area contributed by atoms with Crippen LogP contribution in [0.3, 0.4) is 0 Å². The summed E-state index contributed by atoms with van der Waals surface area (Å²) in [5, 5.41) is 53.9. The molecule has 1 aliphatic rings. The van der Waals surface area contributed by atoms with E-state index in [-0.39, 0.29) is 12.5 Å². The Morgan fingerprint density at radius 2 is 1.18 bits per heavy atom. The van der Waals surface area contributed by atoms with Crippen molar-refractivity contribution in [2.24, 2.45) is 0 Å². The van der Waals surface area contributed by atoms with Gasteiger partial charge in [0.2, 0.25) is 5.91 Å². The van der Waals surface area contributed by atoms with E-state index in [1.807, 2.05) is 6.08 Å². The minimum absolute atomic E-state index is 0.182. The zero-order chi connectivity index (χ0) is 36.0. The monoisotopic (exact) mass is 698 g/mol. The molecule has 9 nitrogen and oxygen atoms in total. The van der Waals surface area contributed by atoms with Gasteiger partial charge in [-0.2, -0.15) is 0 Å². The number of nitrogens with one attached hydrogen (secondary N) is 1. The van der Waals surface area contributed by atoms with Gasteiger partial charge in [-0.3, -0.25) is 4.79 Å². The molecule has 0 spiro atoms. The van der Waals surface area contributed by atoms with E-state index in [4.69, 9.17) is 9.47 Å². The maximum atomic E-state index is 12.9. The fourth-order valence-electron chi connectivity index (χ4n) is 6.22. The molecule has 6 N–H and O–H groups in total. The van der Waals surface area contributed by atoms with Crippen LogP contribution in [0.15, 0.2) is 24.3 Å². The molecule has 1 aliphatic heterocycles. The second-order valence-corrected chi connectivity index (χ2v) is 14.1. The molecule has 0 aromatic heterocycles. The molecule has 1 fully saturated rings. The van der Waals surface area contributed by atoms with Crippen LogP contribution in [0.2, 0.25) is 0 Å². The van der Waals surface area contributed by atoms with Crippen molar-refractivity contribution in [3.63, 3.8) is 0 Å². The molecular weight excluding hydrogens is 622 g/mol. The standard InChI is InChI=1S/C40H75NO8/c1-3-5-7-9-11-13-15-17-19-21-23-25-27-29-34(43)33(32-48-40-39(47)38(46)37(45)35(31-42)49-40)41-36(44)30-28-26-24-22-20-18-16-14-12-10-8-6-4-2/h7,9,27,29,33-35,37-40,42-43,45-47H,3-6,8,10-26,28,30-32H2,1-2H3,(H,41,44)/b9-7-,29-27+/t33-,34+,35+,37+,38?,39?,40+/m0/s1. The van der Waals surface area contributed by atoms with E-state index < -0.39 is 49.5 Å². The molecule has 0 radical (unpaired) electrons. The van der Waals surface area contributed by atoms with Gasteiger partial charge in [0.1, 0.15) is 24.4 Å². The second kappa shape index (κ2) is 31.4. The first-order valence-electron chi connectivity index (χ1n) is 20.1. The number of aliphatic hydroxyl groups is 5. The molecule has 1 amide bonds. The van der Waals surface area contributed by atoms with Crippen LogP contribution in [-0.4, -0.2) is 87.5 Å². The maximum Gasteiger partial charge on any atom is 0.220 e. The van der Waals surface area contributed by atoms with Gasteiger partial charge < -0.3 is 40.3 Å². The Bertz CT molecular complexity index is 822. The number of aliphatic hydroxyl groups excluding tert-OH is 5. The number of amides is 1. The largest absolute Gasteiger partial charge is 0.394 e. The highest BCUT2D eigenvalue weighted by atomic mass is 16.7. The van der Waals surface area contributed by atoms with E-state index in [0.717, 1.165) is 44.9 Å². The lowest BCUT2D eigenvalue weighted by atomic mass is 9.99. The van der Waals surface area contributed by atoms with Gasteiger partial charge in [0.15, 0.2) is 6.29 Å². The predicted octanol–water partition coefficient (Wildman–Crippen LogP) is 7.16. The fourth-order valence-corrected chi connectivity index (χ4v) is 6.22. The number of unbranched alkanes of at least 4 members (excludes halogenated alkanes) is 20. The van der Waals surface area contributed by atoms with E-state index in [1.165, 1.54) is 103 Å². The van der Waals surface area contributed by atoms with E-state index in [1.54, 1.807) is 6.08 Å². The van der Waals surface area contributed by atoms with Crippen molar-refractivity contribution >= 4 is 5.91 Å². The first-order chi connectivity index (χ1) is 23.8. The Hall–Kier alpha value is -1.33. The van der Waals surface area contributed by atoms with Crippen molar-refractivity contribution in [2.75, 3.05) is 13.2 Å². The zero-order valence-corrected chi connectivity index (χ0v) is 31.2. The summed E-state index contributed by atoms with van der Waals surface area (Å²) in [4.78, 5) is 12.9. The Morgan fingerprint density at radius 3 is 1.73 bits per heavy atom. The summed E-state index contributed by atoms with van der Waals surface area (Å²) in [5.41, 5.74) is 0. The normalized spacial score (nSPS) is 22.6. The van der Waals surface area contributed by atoms with Gasteiger partial charge in [-0.1, -0.05) is 147 Å². The maximum absolute atomic E-state index is 12.9. The molecule has 0 aromatic rings. The Morgan fingerprint density at radius 1 is 0.673 bits per heavy atom. The van der Waals surface area contributed by atoms with E-state index in [0.29, 0.717) is 6.42 Å². The number of allylic oxidation sites excluding steroid dienone is 3. The fraction of sp³-hybridized carbons (Fsp3) is 0.875. The van der Waals surface area contributed by atoms with Crippen molar-refractivity contribution in [3.05, 3.63) is 24.3 Å². The second-order valence-electron chi connectivity index (χ2n) is 14.1. The lowest BCUT2D eigenvalue weighted by molar-refractivity contribution is -0.302. The molecule has 0 aliphatic carbocycles. The van der Waals surface area contributed by atoms with Gasteiger partial charge in [-0.15, -0.1) is 0 Å². The summed E-state index contributed by atoms with van der Waals surface area (Å²) >= 11 is 0. The summed E-state index contributed by atoms with van der Waals surface area (Å²) in [6.07, 6.45) is 27.8. The Labute approximate surface area is 298 Å². The zero-order valence-electron chi connectivity index (χ0n) is 31.2. The average Bonchev–Trinajstić information content (AvgIpc) is 3.10. The number of carbonyl (C=O) groups excluding carboxylic acids is 1. The lowest BCUT2D eigenvalue weighted by Crippen LogP contribution is -2.60. The van der Waals surface area contributed by atoms with Crippen LogP contribution in [0.5, 0.6) is 0 Å². The van der Waals surface area contributed by atoms with Crippen LogP contribution in [0.4, 0.5) is 0 Å². The third-order valence-electron chi connectivity index (χ3n) is 9.50. The highest BCUT2D eigenvalue weighted by Gasteiger charge is 2.44. The van der Waals surface area contributed by atoms with Crippen molar-refractivity contribution in [2.45, 2.75) is 211 Å². The topological polar surface area (TPSA) is 149 Å². The van der Waals surface area contributed by atoms with Gasteiger partial charge in [-0.25, -0.2) is 0 Å². The molecular formula is C40H75NO8. The Kier molecular flexibility index (Phi) is 29.3. The summed E-state index contributed by atoms with van der Waals surface area (Å²) < 4.78 is 11.2. The average molecular weight is 698 g/mol. The molecule has 1 rings (SSSR count). The quantitative estimate of drug-likeness (QED) is 0.0320. The molecule has 7 atom stereocenters. The first-order valence-corrected chi connectivity index (χ1v) is 20.1. The van der Waals surface area contributed by atoms with Crippen molar-refractivity contribution in [3.8, 4) is 0 Å². The third kappa shape index (κ3) is 23.0. The van der Waals surface area contributed by atoms with Crippen LogP contribution >= 0.6 is 0 Å². The minimum Gasteiger partial charge on any atom is -0.394 e. The van der Waals surface area contributed by atoms with Crippen molar-refractivity contribution in [1.82, 2.24) is 5.32 Å². The van der Waals surface area contributed by atoms with Crippen molar-refractivity contribution in [1.29, 1.82) is 0 Å². The van der Waals surface area contributed by atoms with Crippen LogP contribution in [0, 0.1) is 0 Å². The molecule has 0 saturated carbocycles. The van der Waals surface area contributed by atoms with Gasteiger partial charge in [0.05, 0.1) is 25.4 Å². The molecule has 49 heavy (non-hydrogen) atoms. The highest BCUT2D eigenvalue weighted by Crippen LogP contribution is 2.22. The molecule has 2 unspecified atom stereocenters. The molecule has 0 aromatic carbocycles. The van der Waals surface area contributed by atoms with Crippen LogP contribution in [0.1, 0.15) is 168 Å². The molecule has 9 heteroatoms. The third-order valence-corrected chi connectivity index (χ3v) is 9.50. The summed E-state index contributed by atoms with van der Waals surface area (Å²) in [5.74, 6) is -0.182. The smallest absolute Gasteiger partial charge is 0.220 e. The lowest BCUT2D eigenvalue weighted by Gasteiger charge is -2.40. The number of carbonyl (C=O) groups is 1. The van der Waals surface area contributed by atoms with Crippen LogP contribution in [-0.2, 0) is 14.3 Å². The summed E-state index contributed by atoms with van der Waals surface area (Å²) in [6, 6.07) is -0.801. The minimum atomic E-state index is -1.56. The van der Waals surface area contributed by atoms with E-state index >= 15 is 0 Å². The van der Waals surface area contributed by atoms with Gasteiger partial charge in [0, 0.05) is 6.42 Å². The molecule has 1 saturated heterocycles. The SMILES string of the molecule is CCC/C=C\CCCCCCCC/C=C/[C@@H](O)[C@H](CO[C@@H]1O[C@H](CO)[C@@H](O)C(O)C1O)NC(=O)CCCCCCCCCCCCCCC. The van der Waals surface area contributed by atoms with Gasteiger partial charge in [0.25, 0.3) is 0 Å². The number of rotatable bonds is 32. The van der Waals surface area contributed by atoms with Crippen LogP contribution < -0.4 is 5.32 Å². The van der Waals surface area contributed by atoms with Crippen LogP contribution in [0.25, 0.3) is 0 Å². The van der Waals surface area contributed by atoms with E-state index in [2.05, 4.69) is 31.3 Å². The molecule has 288 valence electrons. The van der Waals surface area contributed by atoms with Gasteiger partial charge in [-0.05, 0) is 38.5 Å². The molecule has 0 bridgehead atoms. The number of hydrogen-bond donors (Lipinski definition) is 6. The predicted molar refractivity (Wildman–Crippen MR) is 198 cm³/mol. The first kappa shape index (κ1) is 45.7. The number of ether oxygens (including phenoxy) is 2. The summed E-state index contributed by atoms with van der Waals surface area (Å²) in [7, 11) is 0. The molecule has 1 heterocycles. The Balaban J connectivity index is 2.44.